The first kappa shape index (κ1) is 16.5. The molecule has 122 valence electrons. The minimum absolute atomic E-state index is 0.331. The minimum Gasteiger partial charge on any atom is -0.444 e. The van der Waals surface area contributed by atoms with Gasteiger partial charge in [-0.2, -0.15) is 0 Å². The predicted octanol–water partition coefficient (Wildman–Crippen LogP) is 3.01. The molecule has 0 spiro atoms. The molecule has 0 aromatic heterocycles. The molecule has 3 N–H and O–H groups in total. The number of nitrogens with two attached hydrogens (primary N) is 1. The van der Waals surface area contributed by atoms with E-state index in [2.05, 4.69) is 16.3 Å². The standard InChI is InChI=1S/C17H27N3O2/c1-17(2,3)22-16(21)19-12-13-8-10-20(11-9-13)15-7-5-4-6-14(15)18/h4-7,13H,8-12,18H2,1-3H3,(H,19,21). The van der Waals surface area contributed by atoms with Gasteiger partial charge in [0.1, 0.15) is 5.60 Å². The van der Waals surface area contributed by atoms with Crippen LogP contribution in [0.2, 0.25) is 0 Å². The number of nitrogen functional groups attached to an aromatic ring is 1. The Balaban J connectivity index is 1.76. The molecule has 2 rings (SSSR count). The second kappa shape index (κ2) is 6.90. The first-order chi connectivity index (χ1) is 10.3. The van der Waals surface area contributed by atoms with Gasteiger partial charge in [-0.05, 0) is 51.7 Å². The number of rotatable bonds is 3. The fourth-order valence-corrected chi connectivity index (χ4v) is 2.70. The van der Waals surface area contributed by atoms with Crippen LogP contribution in [0.25, 0.3) is 0 Å². The van der Waals surface area contributed by atoms with Gasteiger partial charge in [0.15, 0.2) is 0 Å². The van der Waals surface area contributed by atoms with Crippen molar-refractivity contribution in [1.29, 1.82) is 0 Å². The third kappa shape index (κ3) is 4.83. The van der Waals surface area contributed by atoms with Crippen molar-refractivity contribution in [1.82, 2.24) is 5.32 Å². The van der Waals surface area contributed by atoms with Crippen LogP contribution < -0.4 is 16.0 Å². The summed E-state index contributed by atoms with van der Waals surface area (Å²) in [4.78, 5) is 14.0. The molecule has 0 aliphatic carbocycles. The lowest BCUT2D eigenvalue weighted by Gasteiger charge is -2.34. The molecule has 1 fully saturated rings. The number of anilines is 2. The molecule has 1 aliphatic rings. The van der Waals surface area contributed by atoms with E-state index < -0.39 is 5.60 Å². The Kier molecular flexibility index (Phi) is 5.16. The molecule has 0 radical (unpaired) electrons. The highest BCUT2D eigenvalue weighted by Crippen LogP contribution is 2.27. The maximum absolute atomic E-state index is 11.7. The first-order valence-corrected chi connectivity index (χ1v) is 7.91. The number of nitrogens with one attached hydrogen (secondary N) is 1. The third-order valence-corrected chi connectivity index (χ3v) is 3.83. The number of carbonyl (C=O) groups is 1. The van der Waals surface area contributed by atoms with E-state index in [9.17, 15) is 4.79 Å². The van der Waals surface area contributed by atoms with Crippen molar-refractivity contribution < 1.29 is 9.53 Å². The van der Waals surface area contributed by atoms with Crippen LogP contribution >= 0.6 is 0 Å². The number of hydrogen-bond acceptors (Lipinski definition) is 4. The highest BCUT2D eigenvalue weighted by atomic mass is 16.6. The van der Waals surface area contributed by atoms with Gasteiger partial charge in [-0.3, -0.25) is 0 Å². The molecule has 0 saturated carbocycles. The first-order valence-electron chi connectivity index (χ1n) is 7.91. The van der Waals surface area contributed by atoms with Gasteiger partial charge in [0.05, 0.1) is 11.4 Å². The Morgan fingerprint density at radius 2 is 1.95 bits per heavy atom. The normalized spacial score (nSPS) is 16.4. The second-order valence-electron chi connectivity index (χ2n) is 6.87. The molecule has 0 unspecified atom stereocenters. The highest BCUT2D eigenvalue weighted by molar-refractivity contribution is 5.68. The predicted molar refractivity (Wildman–Crippen MR) is 90.0 cm³/mol. The van der Waals surface area contributed by atoms with Gasteiger partial charge >= 0.3 is 6.09 Å². The molecule has 1 aromatic rings. The number of benzene rings is 1. The average molecular weight is 305 g/mol. The SMILES string of the molecule is CC(C)(C)OC(=O)NCC1CCN(c2ccccc2N)CC1. The number of para-hydroxylation sites is 2. The number of amides is 1. The van der Waals surface area contributed by atoms with Gasteiger partial charge in [-0.15, -0.1) is 0 Å². The van der Waals surface area contributed by atoms with E-state index in [4.69, 9.17) is 10.5 Å². The van der Waals surface area contributed by atoms with E-state index in [1.54, 1.807) is 0 Å². The van der Waals surface area contributed by atoms with E-state index in [0.29, 0.717) is 12.5 Å². The number of hydrogen-bond donors (Lipinski definition) is 2. The topological polar surface area (TPSA) is 67.6 Å². The smallest absolute Gasteiger partial charge is 0.407 e. The summed E-state index contributed by atoms with van der Waals surface area (Å²) in [5.74, 6) is 0.494. The zero-order valence-electron chi connectivity index (χ0n) is 13.8. The summed E-state index contributed by atoms with van der Waals surface area (Å²) in [5, 5.41) is 2.87. The summed E-state index contributed by atoms with van der Waals surface area (Å²) in [6.45, 7) is 8.22. The van der Waals surface area contributed by atoms with Gasteiger partial charge < -0.3 is 20.7 Å². The maximum Gasteiger partial charge on any atom is 0.407 e. The molecular weight excluding hydrogens is 278 g/mol. The molecule has 1 aliphatic heterocycles. The average Bonchev–Trinajstić information content (AvgIpc) is 2.45. The number of ether oxygens (including phenoxy) is 1. The lowest BCUT2D eigenvalue weighted by atomic mass is 9.96. The monoisotopic (exact) mass is 305 g/mol. The summed E-state index contributed by atoms with van der Waals surface area (Å²) in [6.07, 6.45) is 1.76. The molecule has 1 amide bonds. The number of carbonyl (C=O) groups excluding carboxylic acids is 1. The Morgan fingerprint density at radius 1 is 1.32 bits per heavy atom. The molecule has 0 bridgehead atoms. The van der Waals surface area contributed by atoms with Crippen LogP contribution in [-0.2, 0) is 4.74 Å². The number of alkyl carbamates (subject to hydrolysis) is 1. The summed E-state index contributed by atoms with van der Waals surface area (Å²) in [5.41, 5.74) is 7.52. The van der Waals surface area contributed by atoms with Crippen molar-refractivity contribution in [2.75, 3.05) is 30.3 Å². The van der Waals surface area contributed by atoms with Gasteiger partial charge in [-0.1, -0.05) is 12.1 Å². The summed E-state index contributed by atoms with van der Waals surface area (Å²) < 4.78 is 5.26. The number of nitrogens with zero attached hydrogens (tertiary/aromatic N) is 1. The zero-order chi connectivity index (χ0) is 16.2. The van der Waals surface area contributed by atoms with Crippen molar-refractivity contribution in [3.05, 3.63) is 24.3 Å². The Bertz CT molecular complexity index is 503. The fourth-order valence-electron chi connectivity index (χ4n) is 2.70. The molecule has 1 saturated heterocycles. The lowest BCUT2D eigenvalue weighted by molar-refractivity contribution is 0.0517. The van der Waals surface area contributed by atoms with Crippen LogP contribution in [0.1, 0.15) is 33.6 Å². The molecular formula is C17H27N3O2. The van der Waals surface area contributed by atoms with Crippen LogP contribution in [0.3, 0.4) is 0 Å². The molecule has 22 heavy (non-hydrogen) atoms. The maximum atomic E-state index is 11.7. The zero-order valence-corrected chi connectivity index (χ0v) is 13.8. The van der Waals surface area contributed by atoms with E-state index in [-0.39, 0.29) is 6.09 Å². The number of piperidine rings is 1. The largest absolute Gasteiger partial charge is 0.444 e. The Hall–Kier alpha value is -1.91. The minimum atomic E-state index is -0.446. The van der Waals surface area contributed by atoms with E-state index in [1.807, 2.05) is 39.0 Å². The van der Waals surface area contributed by atoms with E-state index in [0.717, 1.165) is 37.3 Å². The van der Waals surface area contributed by atoms with Crippen LogP contribution in [0, 0.1) is 5.92 Å². The van der Waals surface area contributed by atoms with Gasteiger partial charge in [0, 0.05) is 19.6 Å². The van der Waals surface area contributed by atoms with Gasteiger partial charge in [0.25, 0.3) is 0 Å². The fraction of sp³-hybridized carbons (Fsp3) is 0.588. The van der Waals surface area contributed by atoms with Gasteiger partial charge in [-0.25, -0.2) is 4.79 Å². The highest BCUT2D eigenvalue weighted by Gasteiger charge is 2.22. The molecule has 0 atom stereocenters. The Morgan fingerprint density at radius 3 is 2.55 bits per heavy atom. The van der Waals surface area contributed by atoms with Crippen LogP contribution in [0.5, 0.6) is 0 Å². The summed E-state index contributed by atoms with van der Waals surface area (Å²) in [6, 6.07) is 7.97. The summed E-state index contributed by atoms with van der Waals surface area (Å²) >= 11 is 0. The lowest BCUT2D eigenvalue weighted by Crippen LogP contribution is -2.40. The van der Waals surface area contributed by atoms with Crippen molar-refractivity contribution >= 4 is 17.5 Å². The molecule has 1 heterocycles. The quantitative estimate of drug-likeness (QED) is 0.842. The molecule has 5 nitrogen and oxygen atoms in total. The molecule has 1 aromatic carbocycles. The van der Waals surface area contributed by atoms with E-state index >= 15 is 0 Å². The van der Waals surface area contributed by atoms with Crippen LogP contribution in [0.15, 0.2) is 24.3 Å². The van der Waals surface area contributed by atoms with Crippen molar-refractivity contribution in [3.8, 4) is 0 Å². The van der Waals surface area contributed by atoms with Crippen LogP contribution in [0.4, 0.5) is 16.2 Å². The summed E-state index contributed by atoms with van der Waals surface area (Å²) in [7, 11) is 0. The third-order valence-electron chi connectivity index (χ3n) is 3.83. The van der Waals surface area contributed by atoms with Gasteiger partial charge in [0.2, 0.25) is 0 Å². The van der Waals surface area contributed by atoms with Crippen LogP contribution in [-0.4, -0.2) is 31.3 Å². The Labute approximate surface area is 132 Å². The molecule has 5 heteroatoms. The van der Waals surface area contributed by atoms with Crippen molar-refractivity contribution in [3.63, 3.8) is 0 Å². The van der Waals surface area contributed by atoms with Crippen molar-refractivity contribution in [2.24, 2.45) is 5.92 Å². The van der Waals surface area contributed by atoms with E-state index in [1.165, 1.54) is 0 Å². The second-order valence-corrected chi connectivity index (χ2v) is 6.87. The van der Waals surface area contributed by atoms with Crippen molar-refractivity contribution in [2.45, 2.75) is 39.2 Å².